The van der Waals surface area contributed by atoms with Crippen molar-refractivity contribution in [2.24, 2.45) is 0 Å². The molecule has 0 aliphatic heterocycles. The van der Waals surface area contributed by atoms with Gasteiger partial charge in [-0.2, -0.15) is 11.8 Å². The molecule has 1 N–H and O–H groups in total. The fraction of sp³-hybridized carbons (Fsp3) is 0.375. The molecule has 0 spiro atoms. The van der Waals surface area contributed by atoms with Gasteiger partial charge in [0.15, 0.2) is 11.5 Å². The van der Waals surface area contributed by atoms with Crippen LogP contribution in [-0.4, -0.2) is 20.5 Å². The lowest BCUT2D eigenvalue weighted by molar-refractivity contribution is 0.354. The number of rotatable bonds is 8. The standard InChI is InChI=1S/C16H21NO3S/c1-18-15-7-4-12(8-16(15)19-2)9-17-10-13-5-6-14(20-13)11-21-3/h4-8,17H,9-11H2,1-3H3. The Kier molecular flexibility index (Phi) is 6.02. The second-order valence-corrected chi connectivity index (χ2v) is 5.46. The van der Waals surface area contributed by atoms with E-state index in [1.165, 1.54) is 0 Å². The topological polar surface area (TPSA) is 43.6 Å². The molecule has 5 heteroatoms. The Labute approximate surface area is 129 Å². The molecule has 0 amide bonds. The molecule has 0 aliphatic rings. The zero-order valence-electron chi connectivity index (χ0n) is 12.6. The van der Waals surface area contributed by atoms with Crippen molar-refractivity contribution in [1.82, 2.24) is 5.32 Å². The first-order valence-electron chi connectivity index (χ1n) is 6.75. The van der Waals surface area contributed by atoms with Gasteiger partial charge >= 0.3 is 0 Å². The molecule has 2 rings (SSSR count). The number of methoxy groups -OCH3 is 2. The molecular weight excluding hydrogens is 286 g/mol. The van der Waals surface area contributed by atoms with E-state index in [2.05, 4.69) is 11.6 Å². The van der Waals surface area contributed by atoms with Gasteiger partial charge in [-0.3, -0.25) is 0 Å². The lowest BCUT2D eigenvalue weighted by atomic mass is 10.2. The van der Waals surface area contributed by atoms with Gasteiger partial charge < -0.3 is 19.2 Å². The van der Waals surface area contributed by atoms with Gasteiger partial charge in [-0.15, -0.1) is 0 Å². The van der Waals surface area contributed by atoms with Crippen molar-refractivity contribution in [3.05, 3.63) is 47.4 Å². The van der Waals surface area contributed by atoms with Crippen molar-refractivity contribution in [2.75, 3.05) is 20.5 Å². The lowest BCUT2D eigenvalue weighted by Gasteiger charge is -2.10. The number of thioether (sulfide) groups is 1. The normalized spacial score (nSPS) is 10.6. The van der Waals surface area contributed by atoms with E-state index in [-0.39, 0.29) is 0 Å². The summed E-state index contributed by atoms with van der Waals surface area (Å²) in [6, 6.07) is 9.97. The van der Waals surface area contributed by atoms with Gasteiger partial charge in [-0.25, -0.2) is 0 Å². The Hall–Kier alpha value is -1.59. The van der Waals surface area contributed by atoms with Crippen LogP contribution in [0.3, 0.4) is 0 Å². The molecule has 0 aliphatic carbocycles. The van der Waals surface area contributed by atoms with E-state index in [0.717, 1.165) is 40.9 Å². The van der Waals surface area contributed by atoms with E-state index in [0.29, 0.717) is 6.54 Å². The van der Waals surface area contributed by atoms with E-state index in [1.54, 1.807) is 26.0 Å². The molecule has 21 heavy (non-hydrogen) atoms. The first-order chi connectivity index (χ1) is 10.3. The highest BCUT2D eigenvalue weighted by Gasteiger charge is 2.05. The Balaban J connectivity index is 1.87. The number of ether oxygens (including phenoxy) is 2. The summed E-state index contributed by atoms with van der Waals surface area (Å²) >= 11 is 1.76. The van der Waals surface area contributed by atoms with Gasteiger partial charge in [-0.05, 0) is 36.1 Å². The second kappa shape index (κ2) is 8.00. The summed E-state index contributed by atoms with van der Waals surface area (Å²) in [5, 5.41) is 3.37. The van der Waals surface area contributed by atoms with E-state index in [4.69, 9.17) is 13.9 Å². The number of furan rings is 1. The van der Waals surface area contributed by atoms with Crippen molar-refractivity contribution < 1.29 is 13.9 Å². The fourth-order valence-electron chi connectivity index (χ4n) is 2.06. The van der Waals surface area contributed by atoms with Crippen LogP contribution < -0.4 is 14.8 Å². The Bertz CT molecular complexity index is 568. The van der Waals surface area contributed by atoms with Crippen LogP contribution in [-0.2, 0) is 18.8 Å². The third kappa shape index (κ3) is 4.44. The third-order valence-corrected chi connectivity index (χ3v) is 3.65. The molecule has 114 valence electrons. The lowest BCUT2D eigenvalue weighted by Crippen LogP contribution is -2.12. The summed E-state index contributed by atoms with van der Waals surface area (Å²) in [5.41, 5.74) is 1.14. The number of benzene rings is 1. The SMILES string of the molecule is COc1ccc(CNCc2ccc(CSC)o2)cc1OC. The van der Waals surface area contributed by atoms with Gasteiger partial charge in [0.2, 0.25) is 0 Å². The number of nitrogens with one attached hydrogen (secondary N) is 1. The number of hydrogen-bond donors (Lipinski definition) is 1. The van der Waals surface area contributed by atoms with Crippen LogP contribution in [0.25, 0.3) is 0 Å². The first-order valence-corrected chi connectivity index (χ1v) is 8.14. The van der Waals surface area contributed by atoms with Gasteiger partial charge in [-0.1, -0.05) is 6.07 Å². The van der Waals surface area contributed by atoms with Crippen LogP contribution in [0.4, 0.5) is 0 Å². The zero-order chi connectivity index (χ0) is 15.1. The third-order valence-electron chi connectivity index (χ3n) is 3.08. The maximum absolute atomic E-state index is 5.72. The van der Waals surface area contributed by atoms with Crippen LogP contribution >= 0.6 is 11.8 Å². The monoisotopic (exact) mass is 307 g/mol. The maximum atomic E-state index is 5.72. The minimum Gasteiger partial charge on any atom is -0.493 e. The summed E-state index contributed by atoms with van der Waals surface area (Å²) in [6.07, 6.45) is 2.07. The molecule has 1 aromatic carbocycles. The van der Waals surface area contributed by atoms with Crippen LogP contribution in [0.1, 0.15) is 17.1 Å². The van der Waals surface area contributed by atoms with Crippen molar-refractivity contribution in [3.63, 3.8) is 0 Å². The molecule has 1 heterocycles. The van der Waals surface area contributed by atoms with E-state index in [9.17, 15) is 0 Å². The molecule has 0 fully saturated rings. The minimum absolute atomic E-state index is 0.711. The molecule has 2 aromatic rings. The van der Waals surface area contributed by atoms with E-state index in [1.807, 2.05) is 30.3 Å². The van der Waals surface area contributed by atoms with Crippen LogP contribution in [0, 0.1) is 0 Å². The van der Waals surface area contributed by atoms with Crippen LogP contribution in [0.5, 0.6) is 11.5 Å². The molecule has 0 radical (unpaired) electrons. The Morgan fingerprint density at radius 2 is 1.76 bits per heavy atom. The first kappa shape index (κ1) is 15.8. The zero-order valence-corrected chi connectivity index (χ0v) is 13.5. The fourth-order valence-corrected chi connectivity index (χ4v) is 2.50. The van der Waals surface area contributed by atoms with Crippen molar-refractivity contribution in [3.8, 4) is 11.5 Å². The van der Waals surface area contributed by atoms with E-state index < -0.39 is 0 Å². The van der Waals surface area contributed by atoms with Crippen LogP contribution in [0.2, 0.25) is 0 Å². The summed E-state index contributed by atoms with van der Waals surface area (Å²) in [6.45, 7) is 1.46. The molecule has 0 bridgehead atoms. The van der Waals surface area contributed by atoms with Gasteiger partial charge in [0.05, 0.1) is 26.5 Å². The van der Waals surface area contributed by atoms with Gasteiger partial charge in [0.25, 0.3) is 0 Å². The van der Waals surface area contributed by atoms with Crippen molar-refractivity contribution in [1.29, 1.82) is 0 Å². The highest BCUT2D eigenvalue weighted by Crippen LogP contribution is 2.27. The highest BCUT2D eigenvalue weighted by atomic mass is 32.2. The van der Waals surface area contributed by atoms with E-state index >= 15 is 0 Å². The summed E-state index contributed by atoms with van der Waals surface area (Å²) in [5.74, 6) is 4.38. The minimum atomic E-state index is 0.711. The molecule has 0 unspecified atom stereocenters. The molecule has 4 nitrogen and oxygen atoms in total. The summed E-state index contributed by atoms with van der Waals surface area (Å²) < 4.78 is 16.2. The predicted molar refractivity (Wildman–Crippen MR) is 86.0 cm³/mol. The van der Waals surface area contributed by atoms with Gasteiger partial charge in [0.1, 0.15) is 11.5 Å². The average Bonchev–Trinajstić information content (AvgIpc) is 2.95. The van der Waals surface area contributed by atoms with Crippen LogP contribution in [0.15, 0.2) is 34.7 Å². The summed E-state index contributed by atoms with van der Waals surface area (Å²) in [7, 11) is 3.28. The molecule has 0 atom stereocenters. The Morgan fingerprint density at radius 1 is 1.00 bits per heavy atom. The summed E-state index contributed by atoms with van der Waals surface area (Å²) in [4.78, 5) is 0. The molecular formula is C16H21NO3S. The predicted octanol–water partition coefficient (Wildman–Crippen LogP) is 3.45. The molecule has 0 saturated carbocycles. The number of hydrogen-bond acceptors (Lipinski definition) is 5. The largest absolute Gasteiger partial charge is 0.493 e. The Morgan fingerprint density at radius 3 is 2.48 bits per heavy atom. The van der Waals surface area contributed by atoms with Crippen molar-refractivity contribution in [2.45, 2.75) is 18.8 Å². The van der Waals surface area contributed by atoms with Crippen molar-refractivity contribution >= 4 is 11.8 Å². The smallest absolute Gasteiger partial charge is 0.161 e. The highest BCUT2D eigenvalue weighted by molar-refractivity contribution is 7.97. The molecule has 1 aromatic heterocycles. The van der Waals surface area contributed by atoms with Gasteiger partial charge in [0, 0.05) is 6.54 Å². The maximum Gasteiger partial charge on any atom is 0.161 e. The average molecular weight is 307 g/mol. The quantitative estimate of drug-likeness (QED) is 0.809. The molecule has 0 saturated heterocycles. The second-order valence-electron chi connectivity index (χ2n) is 4.59.